The predicted octanol–water partition coefficient (Wildman–Crippen LogP) is 2.56. The molecule has 1 fully saturated rings. The standard InChI is InChI=1S/C18H32N4O/c1-3-7-22(8-4-2)17-14-16(20-18(19)15-17)6-5-9-21-10-12-23-13-11-21/h14-15H,3-13H2,1-2H3,(H2,19,20). The summed E-state index contributed by atoms with van der Waals surface area (Å²) in [5.74, 6) is 0.640. The number of ether oxygens (including phenoxy) is 1. The summed E-state index contributed by atoms with van der Waals surface area (Å²) in [6.07, 6.45) is 4.40. The van der Waals surface area contributed by atoms with Crippen molar-refractivity contribution in [3.05, 3.63) is 17.8 Å². The van der Waals surface area contributed by atoms with E-state index in [-0.39, 0.29) is 0 Å². The van der Waals surface area contributed by atoms with Crippen LogP contribution in [0, 0.1) is 0 Å². The van der Waals surface area contributed by atoms with Crippen LogP contribution in [0.5, 0.6) is 0 Å². The molecule has 0 spiro atoms. The summed E-state index contributed by atoms with van der Waals surface area (Å²) in [7, 11) is 0. The molecule has 2 N–H and O–H groups in total. The second-order valence-corrected chi connectivity index (χ2v) is 6.29. The topological polar surface area (TPSA) is 54.6 Å². The number of pyridine rings is 1. The fourth-order valence-electron chi connectivity index (χ4n) is 3.12. The number of aryl methyl sites for hydroxylation is 1. The van der Waals surface area contributed by atoms with Gasteiger partial charge in [0.15, 0.2) is 0 Å². The fourth-order valence-corrected chi connectivity index (χ4v) is 3.12. The number of aromatic nitrogens is 1. The van der Waals surface area contributed by atoms with E-state index in [4.69, 9.17) is 10.5 Å². The maximum absolute atomic E-state index is 6.04. The lowest BCUT2D eigenvalue weighted by Crippen LogP contribution is -2.37. The molecule has 1 aliphatic rings. The highest BCUT2D eigenvalue weighted by molar-refractivity contribution is 5.54. The Morgan fingerprint density at radius 1 is 1.17 bits per heavy atom. The van der Waals surface area contributed by atoms with Crippen LogP contribution in [0.4, 0.5) is 11.5 Å². The summed E-state index contributed by atoms with van der Waals surface area (Å²) in [6.45, 7) is 11.5. The Labute approximate surface area is 140 Å². The summed E-state index contributed by atoms with van der Waals surface area (Å²) in [6, 6.07) is 4.23. The molecule has 1 aromatic rings. The summed E-state index contributed by atoms with van der Waals surface area (Å²) in [5, 5.41) is 0. The van der Waals surface area contributed by atoms with Gasteiger partial charge in [-0.15, -0.1) is 0 Å². The first-order valence-electron chi connectivity index (χ1n) is 9.04. The summed E-state index contributed by atoms with van der Waals surface area (Å²) < 4.78 is 5.39. The van der Waals surface area contributed by atoms with E-state index in [2.05, 4.69) is 34.7 Å². The predicted molar refractivity (Wildman–Crippen MR) is 97.0 cm³/mol. The van der Waals surface area contributed by atoms with Gasteiger partial charge in [-0.2, -0.15) is 0 Å². The summed E-state index contributed by atoms with van der Waals surface area (Å²) >= 11 is 0. The normalized spacial score (nSPS) is 15.7. The lowest BCUT2D eigenvalue weighted by atomic mass is 10.1. The average molecular weight is 320 g/mol. The Morgan fingerprint density at radius 2 is 1.87 bits per heavy atom. The minimum Gasteiger partial charge on any atom is -0.384 e. The Morgan fingerprint density at radius 3 is 2.52 bits per heavy atom. The Hall–Kier alpha value is -1.33. The van der Waals surface area contributed by atoms with Crippen molar-refractivity contribution < 1.29 is 4.74 Å². The molecule has 130 valence electrons. The number of hydrogen-bond donors (Lipinski definition) is 1. The molecule has 0 aliphatic carbocycles. The van der Waals surface area contributed by atoms with Crippen LogP contribution in [-0.4, -0.2) is 55.8 Å². The van der Waals surface area contributed by atoms with Gasteiger partial charge >= 0.3 is 0 Å². The Kier molecular flexibility index (Phi) is 7.62. The molecule has 0 saturated carbocycles. The molecule has 0 atom stereocenters. The number of nitrogens with two attached hydrogens (primary N) is 1. The van der Waals surface area contributed by atoms with Crippen molar-refractivity contribution in [3.8, 4) is 0 Å². The van der Waals surface area contributed by atoms with Gasteiger partial charge in [0.2, 0.25) is 0 Å². The van der Waals surface area contributed by atoms with Gasteiger partial charge in [0.25, 0.3) is 0 Å². The first-order valence-corrected chi connectivity index (χ1v) is 9.04. The first-order chi connectivity index (χ1) is 11.2. The van der Waals surface area contributed by atoms with Gasteiger partial charge < -0.3 is 15.4 Å². The fraction of sp³-hybridized carbons (Fsp3) is 0.722. The molecular formula is C18H32N4O. The van der Waals surface area contributed by atoms with Crippen molar-refractivity contribution in [1.82, 2.24) is 9.88 Å². The first kappa shape index (κ1) is 18.0. The molecule has 5 heteroatoms. The smallest absolute Gasteiger partial charge is 0.125 e. The molecule has 1 saturated heterocycles. The van der Waals surface area contributed by atoms with Crippen LogP contribution in [-0.2, 0) is 11.2 Å². The van der Waals surface area contributed by atoms with Gasteiger partial charge in [0.05, 0.1) is 13.2 Å². The van der Waals surface area contributed by atoms with Crippen molar-refractivity contribution >= 4 is 11.5 Å². The summed E-state index contributed by atoms with van der Waals surface area (Å²) in [5.41, 5.74) is 8.38. The quantitative estimate of drug-likeness (QED) is 0.758. The van der Waals surface area contributed by atoms with E-state index in [1.165, 1.54) is 5.69 Å². The minimum atomic E-state index is 0.640. The maximum Gasteiger partial charge on any atom is 0.125 e. The third-order valence-electron chi connectivity index (χ3n) is 4.25. The van der Waals surface area contributed by atoms with Crippen molar-refractivity contribution in [3.63, 3.8) is 0 Å². The lowest BCUT2D eigenvalue weighted by Gasteiger charge is -2.26. The second-order valence-electron chi connectivity index (χ2n) is 6.29. The van der Waals surface area contributed by atoms with Crippen LogP contribution in [0.2, 0.25) is 0 Å². The van der Waals surface area contributed by atoms with Gasteiger partial charge in [-0.1, -0.05) is 13.8 Å². The highest BCUT2D eigenvalue weighted by Gasteiger charge is 2.11. The molecule has 0 radical (unpaired) electrons. The maximum atomic E-state index is 6.04. The Bertz CT molecular complexity index is 454. The van der Waals surface area contributed by atoms with Crippen LogP contribution < -0.4 is 10.6 Å². The Balaban J connectivity index is 1.92. The number of morpholine rings is 1. The zero-order valence-corrected chi connectivity index (χ0v) is 14.8. The van der Waals surface area contributed by atoms with Crippen LogP contribution in [0.1, 0.15) is 38.8 Å². The van der Waals surface area contributed by atoms with Crippen LogP contribution in [0.25, 0.3) is 0 Å². The summed E-state index contributed by atoms with van der Waals surface area (Å²) in [4.78, 5) is 9.42. The van der Waals surface area contributed by atoms with Crippen LogP contribution >= 0.6 is 0 Å². The van der Waals surface area contributed by atoms with Gasteiger partial charge in [-0.25, -0.2) is 4.98 Å². The van der Waals surface area contributed by atoms with Crippen molar-refractivity contribution in [2.75, 3.05) is 56.6 Å². The number of nitrogen functional groups attached to an aromatic ring is 1. The molecule has 2 heterocycles. The van der Waals surface area contributed by atoms with E-state index in [9.17, 15) is 0 Å². The molecule has 23 heavy (non-hydrogen) atoms. The minimum absolute atomic E-state index is 0.640. The third-order valence-corrected chi connectivity index (χ3v) is 4.25. The van der Waals surface area contributed by atoms with Gasteiger partial charge in [-0.3, -0.25) is 4.90 Å². The molecule has 0 bridgehead atoms. The monoisotopic (exact) mass is 320 g/mol. The number of hydrogen-bond acceptors (Lipinski definition) is 5. The van der Waals surface area contributed by atoms with Crippen LogP contribution in [0.3, 0.4) is 0 Å². The van der Waals surface area contributed by atoms with E-state index >= 15 is 0 Å². The SMILES string of the molecule is CCCN(CCC)c1cc(N)nc(CCCN2CCOCC2)c1. The zero-order valence-electron chi connectivity index (χ0n) is 14.8. The van der Waals surface area contributed by atoms with E-state index in [1.807, 2.05) is 6.07 Å². The molecule has 0 unspecified atom stereocenters. The lowest BCUT2D eigenvalue weighted by molar-refractivity contribution is 0.0374. The number of nitrogens with zero attached hydrogens (tertiary/aromatic N) is 3. The molecule has 1 aliphatic heterocycles. The zero-order chi connectivity index (χ0) is 16.5. The van der Waals surface area contributed by atoms with Gasteiger partial charge in [0.1, 0.15) is 5.82 Å². The van der Waals surface area contributed by atoms with E-state index in [1.54, 1.807) is 0 Å². The molecule has 0 aromatic carbocycles. The molecular weight excluding hydrogens is 288 g/mol. The average Bonchev–Trinajstić information content (AvgIpc) is 2.55. The van der Waals surface area contributed by atoms with Gasteiger partial charge in [0, 0.05) is 43.6 Å². The molecule has 5 nitrogen and oxygen atoms in total. The highest BCUT2D eigenvalue weighted by Crippen LogP contribution is 2.20. The van der Waals surface area contributed by atoms with E-state index < -0.39 is 0 Å². The molecule has 0 amide bonds. The van der Waals surface area contributed by atoms with Crippen molar-refractivity contribution in [2.45, 2.75) is 39.5 Å². The van der Waals surface area contributed by atoms with E-state index in [0.717, 1.165) is 77.3 Å². The number of anilines is 2. The number of rotatable bonds is 9. The second kappa shape index (κ2) is 9.73. The van der Waals surface area contributed by atoms with E-state index in [0.29, 0.717) is 5.82 Å². The van der Waals surface area contributed by atoms with Crippen molar-refractivity contribution in [2.24, 2.45) is 0 Å². The highest BCUT2D eigenvalue weighted by atomic mass is 16.5. The van der Waals surface area contributed by atoms with Crippen LogP contribution in [0.15, 0.2) is 12.1 Å². The third kappa shape index (κ3) is 5.99. The molecule has 2 rings (SSSR count). The molecule has 1 aromatic heterocycles. The van der Waals surface area contributed by atoms with Crippen molar-refractivity contribution in [1.29, 1.82) is 0 Å². The largest absolute Gasteiger partial charge is 0.384 e. The van der Waals surface area contributed by atoms with Gasteiger partial charge in [-0.05, 0) is 38.3 Å².